The molecule has 1 aliphatic rings. The molecule has 4 aromatic rings. The van der Waals surface area contributed by atoms with E-state index in [1.54, 1.807) is 35.1 Å². The van der Waals surface area contributed by atoms with Gasteiger partial charge in [0.25, 0.3) is 0 Å². The molecular formula is C18H11BrClF2N5O. The molecule has 0 saturated heterocycles. The smallest absolute Gasteiger partial charge is 0.231 e. The molecule has 5 rings (SSSR count). The highest BCUT2D eigenvalue weighted by molar-refractivity contribution is 9.10. The zero-order valence-corrected chi connectivity index (χ0v) is 16.4. The molecule has 1 aliphatic carbocycles. The molecule has 10 heteroatoms. The van der Waals surface area contributed by atoms with Crippen LogP contribution in [0.5, 0.6) is 0 Å². The summed E-state index contributed by atoms with van der Waals surface area (Å²) < 4.78 is 29.4. The molecule has 1 fully saturated rings. The number of hydrogen-bond acceptors (Lipinski definition) is 3. The number of nitrogens with one attached hydrogen (secondary N) is 2. The van der Waals surface area contributed by atoms with Gasteiger partial charge in [0.05, 0.1) is 32.6 Å². The number of anilines is 1. The van der Waals surface area contributed by atoms with Crippen LogP contribution in [-0.2, 0) is 4.79 Å². The fraction of sp³-hybridized carbons (Fsp3) is 0.167. The fourth-order valence-corrected chi connectivity index (χ4v) is 4.14. The molecule has 1 saturated carbocycles. The van der Waals surface area contributed by atoms with Gasteiger partial charge in [-0.05, 0) is 40.0 Å². The highest BCUT2D eigenvalue weighted by Crippen LogP contribution is 2.41. The van der Waals surface area contributed by atoms with Crippen molar-refractivity contribution in [2.24, 2.45) is 5.92 Å². The third-order valence-corrected chi connectivity index (χ3v) is 5.89. The summed E-state index contributed by atoms with van der Waals surface area (Å²) >= 11 is 9.48. The molecule has 6 nitrogen and oxygen atoms in total. The number of halogens is 4. The van der Waals surface area contributed by atoms with E-state index in [0.29, 0.717) is 33.4 Å². The van der Waals surface area contributed by atoms with Gasteiger partial charge in [-0.25, -0.2) is 13.3 Å². The van der Waals surface area contributed by atoms with E-state index in [0.717, 1.165) is 0 Å². The van der Waals surface area contributed by atoms with Crippen molar-refractivity contribution in [2.45, 2.75) is 12.6 Å². The van der Waals surface area contributed by atoms with E-state index < -0.39 is 17.9 Å². The summed E-state index contributed by atoms with van der Waals surface area (Å²) in [6.45, 7) is 0. The number of amides is 1. The van der Waals surface area contributed by atoms with E-state index in [1.807, 2.05) is 0 Å². The Kier molecular flexibility index (Phi) is 3.92. The monoisotopic (exact) mass is 465 g/mol. The van der Waals surface area contributed by atoms with E-state index in [4.69, 9.17) is 11.6 Å². The van der Waals surface area contributed by atoms with Gasteiger partial charge in [0.1, 0.15) is 6.17 Å². The second-order valence-corrected chi connectivity index (χ2v) is 7.81. The predicted molar refractivity (Wildman–Crippen MR) is 105 cm³/mol. The van der Waals surface area contributed by atoms with Crippen LogP contribution in [0.15, 0.2) is 35.1 Å². The van der Waals surface area contributed by atoms with Crippen LogP contribution in [0.25, 0.3) is 27.5 Å². The van der Waals surface area contributed by atoms with E-state index in [-0.39, 0.29) is 21.8 Å². The number of rotatable bonds is 3. The van der Waals surface area contributed by atoms with Gasteiger partial charge in [0.2, 0.25) is 5.91 Å². The summed E-state index contributed by atoms with van der Waals surface area (Å²) in [4.78, 5) is 11.9. The summed E-state index contributed by atoms with van der Waals surface area (Å²) in [6.07, 6.45) is 2.43. The number of nitrogens with zero attached hydrogens (tertiary/aromatic N) is 3. The molecule has 142 valence electrons. The molecule has 3 aromatic heterocycles. The molecule has 1 amide bonds. The first-order chi connectivity index (χ1) is 13.4. The molecule has 0 radical (unpaired) electrons. The van der Waals surface area contributed by atoms with Gasteiger partial charge in [-0.15, -0.1) is 0 Å². The minimum atomic E-state index is -1.07. The van der Waals surface area contributed by atoms with Gasteiger partial charge in [-0.2, -0.15) is 10.2 Å². The molecule has 2 atom stereocenters. The SMILES string of the molecule is O=C(Nc1cc2cc(-c3c(Cl)c(F)c(Br)c4[nH]ncc34)ccn2n1)[C@@H]1C[C@@H]1F. The highest BCUT2D eigenvalue weighted by atomic mass is 79.9. The molecule has 2 N–H and O–H groups in total. The standard InChI is InChI=1S/C18H11BrClF2N5O/c19-14-16(22)15(20)13(10-6-23-25-17(10)14)7-1-2-27-8(3-7)4-12(26-27)24-18(28)9-5-11(9)21/h1-4,6,9,11H,5H2,(H,23,25)(H,24,26,28)/t9-,11+/m1/s1. The van der Waals surface area contributed by atoms with Gasteiger partial charge in [0.15, 0.2) is 11.6 Å². The van der Waals surface area contributed by atoms with Crippen LogP contribution in [0.1, 0.15) is 6.42 Å². The number of carbonyl (C=O) groups is 1. The lowest BCUT2D eigenvalue weighted by molar-refractivity contribution is -0.117. The van der Waals surface area contributed by atoms with Crippen LogP contribution in [-0.4, -0.2) is 31.9 Å². The zero-order chi connectivity index (χ0) is 19.6. The van der Waals surface area contributed by atoms with Crippen molar-refractivity contribution in [3.05, 3.63) is 45.9 Å². The van der Waals surface area contributed by atoms with Crippen LogP contribution in [0, 0.1) is 11.7 Å². The largest absolute Gasteiger partial charge is 0.309 e. The molecule has 1 aromatic carbocycles. The van der Waals surface area contributed by atoms with Gasteiger partial charge in [-0.1, -0.05) is 11.6 Å². The Labute approximate surface area is 170 Å². The van der Waals surface area contributed by atoms with E-state index >= 15 is 0 Å². The number of H-pyrrole nitrogens is 1. The Morgan fingerprint density at radius 2 is 2.21 bits per heavy atom. The van der Waals surface area contributed by atoms with Crippen LogP contribution in [0.3, 0.4) is 0 Å². The average molecular weight is 467 g/mol. The molecule has 28 heavy (non-hydrogen) atoms. The summed E-state index contributed by atoms with van der Waals surface area (Å²) in [6, 6.07) is 5.18. The number of aromatic nitrogens is 4. The van der Waals surface area contributed by atoms with Gasteiger partial charge in [0, 0.05) is 23.2 Å². The molecule has 3 heterocycles. The first-order valence-electron chi connectivity index (χ1n) is 8.38. The maximum atomic E-state index is 14.5. The van der Waals surface area contributed by atoms with E-state index in [2.05, 4.69) is 36.5 Å². The number of alkyl halides is 1. The van der Waals surface area contributed by atoms with Crippen molar-refractivity contribution >= 4 is 55.7 Å². The first-order valence-corrected chi connectivity index (χ1v) is 9.55. The third kappa shape index (κ3) is 2.68. The lowest BCUT2D eigenvalue weighted by Crippen LogP contribution is -2.15. The van der Waals surface area contributed by atoms with Crippen molar-refractivity contribution in [1.29, 1.82) is 0 Å². The number of hydrogen-bond donors (Lipinski definition) is 2. The minimum Gasteiger partial charge on any atom is -0.309 e. The number of carbonyl (C=O) groups excluding carboxylic acids is 1. The van der Waals surface area contributed by atoms with Gasteiger partial charge in [-0.3, -0.25) is 9.89 Å². The first kappa shape index (κ1) is 17.6. The average Bonchev–Trinajstić information content (AvgIpc) is 3.06. The minimum absolute atomic E-state index is 0.0270. The normalized spacial score (nSPS) is 18.7. The highest BCUT2D eigenvalue weighted by Gasteiger charge is 2.43. The van der Waals surface area contributed by atoms with Crippen molar-refractivity contribution < 1.29 is 13.6 Å². The van der Waals surface area contributed by atoms with Crippen molar-refractivity contribution in [2.75, 3.05) is 5.32 Å². The second kappa shape index (κ2) is 6.25. The third-order valence-electron chi connectivity index (χ3n) is 4.79. The molecular weight excluding hydrogens is 456 g/mol. The van der Waals surface area contributed by atoms with Crippen LogP contribution in [0.4, 0.5) is 14.6 Å². The van der Waals surface area contributed by atoms with Crippen LogP contribution in [0.2, 0.25) is 5.02 Å². The zero-order valence-electron chi connectivity index (χ0n) is 14.0. The lowest BCUT2D eigenvalue weighted by Gasteiger charge is -2.09. The molecule has 0 aliphatic heterocycles. The van der Waals surface area contributed by atoms with Gasteiger partial charge < -0.3 is 5.32 Å². The summed E-state index contributed by atoms with van der Waals surface area (Å²) in [5.41, 5.74) is 2.33. The van der Waals surface area contributed by atoms with E-state index in [9.17, 15) is 13.6 Å². The van der Waals surface area contributed by atoms with E-state index in [1.165, 1.54) is 0 Å². The Balaban J connectivity index is 1.58. The number of pyridine rings is 1. The number of benzene rings is 1. The second-order valence-electron chi connectivity index (χ2n) is 6.64. The van der Waals surface area contributed by atoms with Crippen LogP contribution >= 0.6 is 27.5 Å². The summed E-state index contributed by atoms with van der Waals surface area (Å²) in [5.74, 6) is -1.24. The quantitative estimate of drug-likeness (QED) is 0.429. The van der Waals surface area contributed by atoms with Crippen LogP contribution < -0.4 is 5.32 Å². The van der Waals surface area contributed by atoms with Crippen molar-refractivity contribution in [1.82, 2.24) is 19.8 Å². The van der Waals surface area contributed by atoms with Gasteiger partial charge >= 0.3 is 0 Å². The molecule has 0 bridgehead atoms. The number of fused-ring (bicyclic) bond motifs is 2. The maximum Gasteiger partial charge on any atom is 0.231 e. The predicted octanol–water partition coefficient (Wildman–Crippen LogP) is 4.73. The Bertz CT molecular complexity index is 1270. The van der Waals surface area contributed by atoms with Crippen molar-refractivity contribution in [3.8, 4) is 11.1 Å². The summed E-state index contributed by atoms with van der Waals surface area (Å²) in [5, 5.41) is 14.3. The topological polar surface area (TPSA) is 75.1 Å². The fourth-order valence-electron chi connectivity index (χ4n) is 3.22. The number of aromatic amines is 1. The maximum absolute atomic E-state index is 14.5. The lowest BCUT2D eigenvalue weighted by atomic mass is 10.0. The molecule has 0 unspecified atom stereocenters. The Morgan fingerprint density at radius 1 is 1.43 bits per heavy atom. The molecule has 0 spiro atoms. The Hall–Kier alpha value is -2.52. The van der Waals surface area contributed by atoms with Crippen molar-refractivity contribution in [3.63, 3.8) is 0 Å². The summed E-state index contributed by atoms with van der Waals surface area (Å²) in [7, 11) is 0. The Morgan fingerprint density at radius 3 is 2.96 bits per heavy atom.